The summed E-state index contributed by atoms with van der Waals surface area (Å²) in [7, 11) is 1.92. The standard InChI is InChI=1S/C14H16BrN3S/c1-10-6-12(8-16-2)18-14(17-10)9-19-13-5-3-4-11(15)7-13/h3-7,16H,8-9H2,1-2H3. The summed E-state index contributed by atoms with van der Waals surface area (Å²) in [6, 6.07) is 10.3. The summed E-state index contributed by atoms with van der Waals surface area (Å²) in [5.41, 5.74) is 2.06. The van der Waals surface area contributed by atoms with Crippen LogP contribution in [-0.2, 0) is 12.3 Å². The molecule has 1 aromatic carbocycles. The van der Waals surface area contributed by atoms with Crippen molar-refractivity contribution in [3.05, 3.63) is 52.0 Å². The molecule has 3 nitrogen and oxygen atoms in total. The van der Waals surface area contributed by atoms with E-state index < -0.39 is 0 Å². The summed E-state index contributed by atoms with van der Waals surface area (Å²) in [6.07, 6.45) is 0. The molecule has 1 aromatic heterocycles. The molecule has 2 rings (SSSR count). The quantitative estimate of drug-likeness (QED) is 0.846. The van der Waals surface area contributed by atoms with Crippen molar-refractivity contribution in [3.8, 4) is 0 Å². The minimum absolute atomic E-state index is 0.776. The zero-order chi connectivity index (χ0) is 13.7. The highest BCUT2D eigenvalue weighted by molar-refractivity contribution is 9.10. The van der Waals surface area contributed by atoms with E-state index in [1.807, 2.05) is 32.2 Å². The van der Waals surface area contributed by atoms with Gasteiger partial charge in [0.15, 0.2) is 0 Å². The molecule has 5 heteroatoms. The summed E-state index contributed by atoms with van der Waals surface area (Å²) in [5.74, 6) is 1.67. The lowest BCUT2D eigenvalue weighted by Crippen LogP contribution is -2.09. The van der Waals surface area contributed by atoms with E-state index in [1.54, 1.807) is 11.8 Å². The number of benzene rings is 1. The van der Waals surface area contributed by atoms with E-state index in [0.29, 0.717) is 0 Å². The Balaban J connectivity index is 2.06. The maximum atomic E-state index is 4.55. The van der Waals surface area contributed by atoms with Crippen LogP contribution in [-0.4, -0.2) is 17.0 Å². The minimum atomic E-state index is 0.776. The van der Waals surface area contributed by atoms with E-state index in [4.69, 9.17) is 0 Å². The Labute approximate surface area is 126 Å². The zero-order valence-corrected chi connectivity index (χ0v) is 13.4. The molecule has 0 spiro atoms. The third-order valence-corrected chi connectivity index (χ3v) is 3.96. The van der Waals surface area contributed by atoms with Gasteiger partial charge in [-0.2, -0.15) is 0 Å². The third-order valence-electron chi connectivity index (χ3n) is 2.48. The van der Waals surface area contributed by atoms with E-state index in [1.165, 1.54) is 4.90 Å². The number of halogens is 1. The van der Waals surface area contributed by atoms with Gasteiger partial charge in [-0.25, -0.2) is 9.97 Å². The second-order valence-electron chi connectivity index (χ2n) is 4.19. The summed E-state index contributed by atoms with van der Waals surface area (Å²) in [4.78, 5) is 10.3. The van der Waals surface area contributed by atoms with Crippen molar-refractivity contribution in [1.29, 1.82) is 0 Å². The highest BCUT2D eigenvalue weighted by Crippen LogP contribution is 2.24. The van der Waals surface area contributed by atoms with Gasteiger partial charge in [-0.15, -0.1) is 11.8 Å². The number of aryl methyl sites for hydroxylation is 1. The van der Waals surface area contributed by atoms with Gasteiger partial charge in [0.25, 0.3) is 0 Å². The number of nitrogens with zero attached hydrogens (tertiary/aromatic N) is 2. The zero-order valence-electron chi connectivity index (χ0n) is 11.0. The van der Waals surface area contributed by atoms with E-state index in [2.05, 4.69) is 43.3 Å². The number of nitrogens with one attached hydrogen (secondary N) is 1. The lowest BCUT2D eigenvalue weighted by atomic mass is 10.3. The molecule has 1 heterocycles. The van der Waals surface area contributed by atoms with Crippen LogP contribution in [0.3, 0.4) is 0 Å². The number of hydrogen-bond acceptors (Lipinski definition) is 4. The Morgan fingerprint density at radius 1 is 1.26 bits per heavy atom. The third kappa shape index (κ3) is 4.60. The molecule has 0 aliphatic carbocycles. The Bertz CT molecular complexity index is 560. The first-order valence-corrected chi connectivity index (χ1v) is 7.81. The van der Waals surface area contributed by atoms with E-state index in [9.17, 15) is 0 Å². The van der Waals surface area contributed by atoms with Gasteiger partial charge in [-0.1, -0.05) is 22.0 Å². The monoisotopic (exact) mass is 337 g/mol. The largest absolute Gasteiger partial charge is 0.314 e. The van der Waals surface area contributed by atoms with Crippen LogP contribution in [0.25, 0.3) is 0 Å². The molecular formula is C14H16BrN3S. The first-order chi connectivity index (χ1) is 9.17. The second-order valence-corrected chi connectivity index (χ2v) is 6.16. The van der Waals surface area contributed by atoms with Crippen molar-refractivity contribution in [2.75, 3.05) is 7.05 Å². The summed E-state index contributed by atoms with van der Waals surface area (Å²) in [5, 5.41) is 3.12. The Kier molecular flexibility index (Phi) is 5.36. The Morgan fingerprint density at radius 3 is 2.84 bits per heavy atom. The molecule has 0 atom stereocenters. The first kappa shape index (κ1) is 14.5. The summed E-state index contributed by atoms with van der Waals surface area (Å²) >= 11 is 5.23. The van der Waals surface area contributed by atoms with Crippen LogP contribution in [0.1, 0.15) is 17.2 Å². The molecule has 0 unspecified atom stereocenters. The molecule has 0 fully saturated rings. The van der Waals surface area contributed by atoms with E-state index in [0.717, 1.165) is 34.0 Å². The molecule has 0 saturated carbocycles. The molecular weight excluding hydrogens is 322 g/mol. The topological polar surface area (TPSA) is 37.8 Å². The fourth-order valence-electron chi connectivity index (χ4n) is 1.74. The van der Waals surface area contributed by atoms with Crippen LogP contribution in [0.2, 0.25) is 0 Å². The lowest BCUT2D eigenvalue weighted by molar-refractivity contribution is 0.773. The highest BCUT2D eigenvalue weighted by atomic mass is 79.9. The second kappa shape index (κ2) is 7.03. The average Bonchev–Trinajstić information content (AvgIpc) is 2.36. The highest BCUT2D eigenvalue weighted by Gasteiger charge is 2.03. The molecule has 100 valence electrons. The minimum Gasteiger partial charge on any atom is -0.314 e. The number of rotatable bonds is 5. The molecule has 0 bridgehead atoms. The van der Waals surface area contributed by atoms with Crippen LogP contribution in [0.5, 0.6) is 0 Å². The molecule has 0 amide bonds. The normalized spacial score (nSPS) is 10.7. The van der Waals surface area contributed by atoms with Gasteiger partial charge in [0.05, 0.1) is 11.4 Å². The molecule has 0 radical (unpaired) electrons. The smallest absolute Gasteiger partial charge is 0.139 e. The van der Waals surface area contributed by atoms with Gasteiger partial charge in [-0.3, -0.25) is 0 Å². The van der Waals surface area contributed by atoms with Crippen molar-refractivity contribution >= 4 is 27.7 Å². The number of thioether (sulfide) groups is 1. The van der Waals surface area contributed by atoms with E-state index >= 15 is 0 Å². The first-order valence-electron chi connectivity index (χ1n) is 6.04. The van der Waals surface area contributed by atoms with Gasteiger partial charge >= 0.3 is 0 Å². The van der Waals surface area contributed by atoms with Gasteiger partial charge in [0.1, 0.15) is 5.82 Å². The van der Waals surface area contributed by atoms with Crippen LogP contribution < -0.4 is 5.32 Å². The predicted molar refractivity (Wildman–Crippen MR) is 83.2 cm³/mol. The maximum Gasteiger partial charge on any atom is 0.139 e. The van der Waals surface area contributed by atoms with Gasteiger partial charge in [0.2, 0.25) is 0 Å². The number of aromatic nitrogens is 2. The predicted octanol–water partition coefficient (Wildman–Crippen LogP) is 3.56. The van der Waals surface area contributed by atoms with Gasteiger partial charge < -0.3 is 5.32 Å². The molecule has 19 heavy (non-hydrogen) atoms. The Morgan fingerprint density at radius 2 is 2.11 bits per heavy atom. The summed E-state index contributed by atoms with van der Waals surface area (Å²) < 4.78 is 1.10. The Hall–Kier alpha value is -0.910. The van der Waals surface area contributed by atoms with Crippen molar-refractivity contribution < 1.29 is 0 Å². The summed E-state index contributed by atoms with van der Waals surface area (Å²) in [6.45, 7) is 2.78. The van der Waals surface area contributed by atoms with Crippen LogP contribution in [0, 0.1) is 6.92 Å². The maximum absolute atomic E-state index is 4.55. The van der Waals surface area contributed by atoms with Crippen molar-refractivity contribution in [1.82, 2.24) is 15.3 Å². The lowest BCUT2D eigenvalue weighted by Gasteiger charge is -2.06. The fraction of sp³-hybridized carbons (Fsp3) is 0.286. The molecule has 0 saturated heterocycles. The van der Waals surface area contributed by atoms with Crippen molar-refractivity contribution in [3.63, 3.8) is 0 Å². The van der Waals surface area contributed by atoms with Crippen LogP contribution in [0.15, 0.2) is 39.7 Å². The fourth-order valence-corrected chi connectivity index (χ4v) is 3.10. The molecule has 2 aromatic rings. The number of hydrogen-bond donors (Lipinski definition) is 1. The molecule has 0 aliphatic heterocycles. The van der Waals surface area contributed by atoms with Gasteiger partial charge in [-0.05, 0) is 38.2 Å². The SMILES string of the molecule is CNCc1cc(C)nc(CSc2cccc(Br)c2)n1. The van der Waals surface area contributed by atoms with Crippen molar-refractivity contribution in [2.45, 2.75) is 24.1 Å². The van der Waals surface area contributed by atoms with Crippen LogP contribution in [0.4, 0.5) is 0 Å². The molecule has 0 aliphatic rings. The average molecular weight is 338 g/mol. The molecule has 1 N–H and O–H groups in total. The van der Waals surface area contributed by atoms with Crippen LogP contribution >= 0.6 is 27.7 Å². The van der Waals surface area contributed by atoms with Crippen molar-refractivity contribution in [2.24, 2.45) is 0 Å². The van der Waals surface area contributed by atoms with Gasteiger partial charge in [0, 0.05) is 21.6 Å². The van der Waals surface area contributed by atoms with E-state index in [-0.39, 0.29) is 0 Å².